The van der Waals surface area contributed by atoms with Gasteiger partial charge in [0, 0.05) is 0 Å². The van der Waals surface area contributed by atoms with Crippen LogP contribution in [0.4, 0.5) is 0 Å². The highest BCUT2D eigenvalue weighted by Gasteiger charge is 2.17. The minimum atomic E-state index is -1.58. The number of carbonyl (C=O) groups excluding carboxylic acids is 1. The van der Waals surface area contributed by atoms with Gasteiger partial charge in [0.1, 0.15) is 5.75 Å². The standard InChI is InChI=1S/C12H14Cl2O3S/c1-2-3-7-17-11(15)8-18(16)12-9(13)5-4-6-10(12)14/h4-6H,2-3,7-8H2,1H3. The number of ether oxygens (including phenoxy) is 1. The summed E-state index contributed by atoms with van der Waals surface area (Å²) < 4.78 is 16.9. The van der Waals surface area contributed by atoms with Gasteiger partial charge in [0.25, 0.3) is 0 Å². The molecule has 0 amide bonds. The van der Waals surface area contributed by atoms with Crippen molar-refractivity contribution >= 4 is 40.0 Å². The molecule has 1 rings (SSSR count). The molecule has 0 heterocycles. The highest BCUT2D eigenvalue weighted by Crippen LogP contribution is 2.27. The second kappa shape index (κ2) is 7.77. The Kier molecular flexibility index (Phi) is 6.68. The highest BCUT2D eigenvalue weighted by atomic mass is 35.5. The lowest BCUT2D eigenvalue weighted by Gasteiger charge is -2.07. The van der Waals surface area contributed by atoms with Gasteiger partial charge < -0.3 is 4.74 Å². The molecule has 0 saturated carbocycles. The average Bonchev–Trinajstić information content (AvgIpc) is 2.29. The molecule has 100 valence electrons. The van der Waals surface area contributed by atoms with Gasteiger partial charge in [0.15, 0.2) is 0 Å². The van der Waals surface area contributed by atoms with E-state index in [1.165, 1.54) is 0 Å². The van der Waals surface area contributed by atoms with Gasteiger partial charge in [-0.2, -0.15) is 0 Å². The molecule has 0 aliphatic carbocycles. The monoisotopic (exact) mass is 308 g/mol. The second-order valence-corrected chi connectivity index (χ2v) is 5.82. The van der Waals surface area contributed by atoms with E-state index in [0.717, 1.165) is 12.8 Å². The average molecular weight is 309 g/mol. The van der Waals surface area contributed by atoms with Crippen LogP contribution in [0.3, 0.4) is 0 Å². The molecule has 0 spiro atoms. The van der Waals surface area contributed by atoms with E-state index >= 15 is 0 Å². The number of carbonyl (C=O) groups is 1. The minimum absolute atomic E-state index is 0.229. The summed E-state index contributed by atoms with van der Waals surface area (Å²) in [5.41, 5.74) is 0. The molecular weight excluding hydrogens is 295 g/mol. The first-order valence-corrected chi connectivity index (χ1v) is 7.61. The van der Waals surface area contributed by atoms with E-state index in [4.69, 9.17) is 27.9 Å². The van der Waals surface area contributed by atoms with Crippen LogP contribution in [-0.4, -0.2) is 22.5 Å². The van der Waals surface area contributed by atoms with Crippen LogP contribution in [0.25, 0.3) is 0 Å². The van der Waals surface area contributed by atoms with Crippen molar-refractivity contribution in [2.75, 3.05) is 12.4 Å². The van der Waals surface area contributed by atoms with Crippen LogP contribution in [0.5, 0.6) is 0 Å². The molecule has 1 unspecified atom stereocenters. The van der Waals surface area contributed by atoms with Crippen LogP contribution < -0.4 is 0 Å². The Labute approximate surface area is 119 Å². The van der Waals surface area contributed by atoms with E-state index in [9.17, 15) is 9.00 Å². The molecule has 0 aliphatic heterocycles. The Balaban J connectivity index is 2.63. The van der Waals surface area contributed by atoms with Gasteiger partial charge in [-0.05, 0) is 18.6 Å². The molecule has 0 aromatic heterocycles. The lowest BCUT2D eigenvalue weighted by Crippen LogP contribution is -2.15. The molecule has 1 aromatic rings. The van der Waals surface area contributed by atoms with E-state index in [2.05, 4.69) is 0 Å². The van der Waals surface area contributed by atoms with E-state index < -0.39 is 16.8 Å². The van der Waals surface area contributed by atoms with Gasteiger partial charge in [0.2, 0.25) is 0 Å². The summed E-state index contributed by atoms with van der Waals surface area (Å²) in [5, 5.41) is 0.587. The fourth-order valence-corrected chi connectivity index (χ4v) is 3.18. The third-order valence-electron chi connectivity index (χ3n) is 2.16. The number of hydrogen-bond donors (Lipinski definition) is 0. The van der Waals surface area contributed by atoms with Crippen LogP contribution in [0.2, 0.25) is 10.0 Å². The summed E-state index contributed by atoms with van der Waals surface area (Å²) in [6.45, 7) is 2.35. The van der Waals surface area contributed by atoms with Gasteiger partial charge in [0.05, 0.1) is 32.3 Å². The zero-order valence-corrected chi connectivity index (χ0v) is 12.3. The van der Waals surface area contributed by atoms with Crippen LogP contribution >= 0.6 is 23.2 Å². The summed E-state index contributed by atoms with van der Waals surface area (Å²) >= 11 is 11.8. The summed E-state index contributed by atoms with van der Waals surface area (Å²) in [6.07, 6.45) is 1.73. The summed E-state index contributed by atoms with van der Waals surface area (Å²) in [6, 6.07) is 4.83. The quantitative estimate of drug-likeness (QED) is 0.597. The number of benzene rings is 1. The summed E-state index contributed by atoms with van der Waals surface area (Å²) in [7, 11) is -1.58. The molecule has 1 atom stereocenters. The fourth-order valence-electron chi connectivity index (χ4n) is 1.25. The first kappa shape index (κ1) is 15.5. The predicted octanol–water partition coefficient (Wildman–Crippen LogP) is 3.44. The van der Waals surface area contributed by atoms with Gasteiger partial charge in [-0.3, -0.25) is 9.00 Å². The number of halogens is 2. The third-order valence-corrected chi connectivity index (χ3v) is 4.40. The maximum Gasteiger partial charge on any atom is 0.318 e. The Morgan fingerprint density at radius 1 is 1.33 bits per heavy atom. The SMILES string of the molecule is CCCCOC(=O)CS(=O)c1c(Cl)cccc1Cl. The molecule has 6 heteroatoms. The first-order valence-electron chi connectivity index (χ1n) is 5.54. The van der Waals surface area contributed by atoms with Crippen molar-refractivity contribution < 1.29 is 13.7 Å². The smallest absolute Gasteiger partial charge is 0.318 e. The number of hydrogen-bond acceptors (Lipinski definition) is 3. The largest absolute Gasteiger partial charge is 0.465 e. The van der Waals surface area contributed by atoms with Gasteiger partial charge in [-0.25, -0.2) is 0 Å². The molecule has 3 nitrogen and oxygen atoms in total. The predicted molar refractivity (Wildman–Crippen MR) is 73.6 cm³/mol. The van der Waals surface area contributed by atoms with Crippen LogP contribution in [0.1, 0.15) is 19.8 Å². The number of unbranched alkanes of at least 4 members (excludes halogenated alkanes) is 1. The summed E-state index contributed by atoms with van der Waals surface area (Å²) in [5.74, 6) is -0.731. The van der Waals surface area contributed by atoms with E-state index in [1.807, 2.05) is 6.92 Å². The van der Waals surface area contributed by atoms with E-state index in [0.29, 0.717) is 16.7 Å². The van der Waals surface area contributed by atoms with E-state index in [1.54, 1.807) is 18.2 Å². The molecule has 1 aromatic carbocycles. The zero-order chi connectivity index (χ0) is 13.5. The highest BCUT2D eigenvalue weighted by molar-refractivity contribution is 7.86. The molecule has 0 radical (unpaired) electrons. The summed E-state index contributed by atoms with van der Waals surface area (Å²) in [4.78, 5) is 11.7. The van der Waals surface area contributed by atoms with Crippen LogP contribution in [0.15, 0.2) is 23.1 Å². The number of esters is 1. The molecule has 0 aliphatic rings. The maximum absolute atomic E-state index is 12.0. The van der Waals surface area contributed by atoms with Crippen molar-refractivity contribution in [1.82, 2.24) is 0 Å². The fraction of sp³-hybridized carbons (Fsp3) is 0.417. The Morgan fingerprint density at radius 2 is 1.94 bits per heavy atom. The lowest BCUT2D eigenvalue weighted by molar-refractivity contribution is -0.140. The first-order chi connectivity index (χ1) is 8.56. The van der Waals surface area contributed by atoms with Gasteiger partial charge in [-0.1, -0.05) is 42.6 Å². The molecule has 0 N–H and O–H groups in total. The Morgan fingerprint density at radius 3 is 2.50 bits per heavy atom. The van der Waals surface area contributed by atoms with Crippen molar-refractivity contribution in [2.24, 2.45) is 0 Å². The normalized spacial score (nSPS) is 12.2. The van der Waals surface area contributed by atoms with Crippen LogP contribution in [-0.2, 0) is 20.3 Å². The Bertz CT molecular complexity index is 429. The second-order valence-electron chi connectivity index (χ2n) is 3.61. The van der Waals surface area contributed by atoms with Crippen molar-refractivity contribution in [1.29, 1.82) is 0 Å². The van der Waals surface area contributed by atoms with Crippen molar-refractivity contribution in [3.8, 4) is 0 Å². The molecule has 0 bridgehead atoms. The van der Waals surface area contributed by atoms with E-state index in [-0.39, 0.29) is 10.6 Å². The maximum atomic E-state index is 12.0. The third kappa shape index (κ3) is 4.59. The minimum Gasteiger partial charge on any atom is -0.465 e. The van der Waals surface area contributed by atoms with Gasteiger partial charge in [-0.15, -0.1) is 0 Å². The number of rotatable bonds is 6. The lowest BCUT2D eigenvalue weighted by atomic mass is 10.4. The van der Waals surface area contributed by atoms with Crippen LogP contribution in [0, 0.1) is 0 Å². The van der Waals surface area contributed by atoms with Gasteiger partial charge >= 0.3 is 5.97 Å². The van der Waals surface area contributed by atoms with Crippen molar-refractivity contribution in [3.63, 3.8) is 0 Å². The zero-order valence-electron chi connectivity index (χ0n) is 9.95. The molecule has 0 saturated heterocycles. The molecular formula is C12H14Cl2O3S. The molecule has 0 fully saturated rings. The Hall–Kier alpha value is -0.580. The van der Waals surface area contributed by atoms with Crippen molar-refractivity contribution in [3.05, 3.63) is 28.2 Å². The van der Waals surface area contributed by atoms with Crippen molar-refractivity contribution in [2.45, 2.75) is 24.7 Å². The molecule has 18 heavy (non-hydrogen) atoms. The topological polar surface area (TPSA) is 43.4 Å².